The molecule has 2 aromatic carbocycles. The Morgan fingerprint density at radius 3 is 1.79 bits per heavy atom. The van der Waals surface area contributed by atoms with Crippen LogP contribution in [0.4, 0.5) is 0 Å². The highest BCUT2D eigenvalue weighted by atomic mass is 79.9. The van der Waals surface area contributed by atoms with Crippen LogP contribution in [0, 0.1) is 0 Å². The first-order valence-electron chi connectivity index (χ1n) is 5.96. The molecule has 0 fully saturated rings. The summed E-state index contributed by atoms with van der Waals surface area (Å²) in [5.41, 5.74) is 3.41. The van der Waals surface area contributed by atoms with Crippen molar-refractivity contribution in [3.63, 3.8) is 0 Å². The maximum absolute atomic E-state index is 11.4. The molecule has 0 aliphatic heterocycles. The highest BCUT2D eigenvalue weighted by molar-refractivity contribution is 9.09. The highest BCUT2D eigenvalue weighted by Crippen LogP contribution is 2.22. The Labute approximate surface area is 122 Å². The summed E-state index contributed by atoms with van der Waals surface area (Å²) in [6.07, 6.45) is 2.23. The summed E-state index contributed by atoms with van der Waals surface area (Å²) >= 11 is 3.42. The molecule has 0 aliphatic carbocycles. The van der Waals surface area contributed by atoms with Gasteiger partial charge in [-0.05, 0) is 35.2 Å². The molecule has 0 aromatic heterocycles. The molecule has 100 valence electrons. The standard InChI is InChI=1S/C15H15BrO2S/c1-19(17,18)15-8-6-14(7-9-15)13-4-2-12(3-5-13)10-11-16/h2-9H,10-11H2,1H3. The van der Waals surface area contributed by atoms with Crippen LogP contribution in [0.3, 0.4) is 0 Å². The number of hydrogen-bond acceptors (Lipinski definition) is 2. The van der Waals surface area contributed by atoms with E-state index in [1.165, 1.54) is 11.8 Å². The Bertz CT molecular complexity index is 644. The molecule has 2 rings (SSSR count). The third-order valence-corrected chi connectivity index (χ3v) is 4.48. The normalized spacial score (nSPS) is 11.5. The molecule has 0 saturated heterocycles. The van der Waals surface area contributed by atoms with Crippen LogP contribution in [0.25, 0.3) is 11.1 Å². The Kier molecular flexibility index (Phi) is 4.42. The lowest BCUT2D eigenvalue weighted by atomic mass is 10.0. The molecule has 0 spiro atoms. The van der Waals surface area contributed by atoms with Crippen LogP contribution in [-0.2, 0) is 16.3 Å². The van der Waals surface area contributed by atoms with Crippen LogP contribution in [-0.4, -0.2) is 20.0 Å². The molecular weight excluding hydrogens is 324 g/mol. The van der Waals surface area contributed by atoms with E-state index in [1.807, 2.05) is 12.1 Å². The smallest absolute Gasteiger partial charge is 0.175 e. The van der Waals surface area contributed by atoms with E-state index in [0.717, 1.165) is 22.9 Å². The number of alkyl halides is 1. The zero-order chi connectivity index (χ0) is 13.9. The molecule has 4 heteroatoms. The first-order valence-corrected chi connectivity index (χ1v) is 8.97. The number of benzene rings is 2. The van der Waals surface area contributed by atoms with Crippen LogP contribution in [0.15, 0.2) is 53.4 Å². The molecular formula is C15H15BrO2S. The molecule has 2 aromatic rings. The molecule has 0 N–H and O–H groups in total. The van der Waals surface area contributed by atoms with Gasteiger partial charge in [-0.25, -0.2) is 8.42 Å². The quantitative estimate of drug-likeness (QED) is 0.796. The summed E-state index contributed by atoms with van der Waals surface area (Å²) in [5, 5.41) is 0.954. The lowest BCUT2D eigenvalue weighted by Crippen LogP contribution is -1.96. The average Bonchev–Trinajstić information content (AvgIpc) is 2.39. The van der Waals surface area contributed by atoms with E-state index >= 15 is 0 Å². The Morgan fingerprint density at radius 2 is 1.37 bits per heavy atom. The fourth-order valence-electron chi connectivity index (χ4n) is 1.87. The van der Waals surface area contributed by atoms with Crippen LogP contribution >= 0.6 is 15.9 Å². The molecule has 0 bridgehead atoms. The van der Waals surface area contributed by atoms with Crippen molar-refractivity contribution in [3.8, 4) is 11.1 Å². The summed E-state index contributed by atoms with van der Waals surface area (Å²) in [4.78, 5) is 0.354. The van der Waals surface area contributed by atoms with Crippen LogP contribution in [0.2, 0.25) is 0 Å². The van der Waals surface area contributed by atoms with Crippen molar-refractivity contribution in [2.45, 2.75) is 11.3 Å². The second kappa shape index (κ2) is 5.88. The first-order chi connectivity index (χ1) is 9.00. The van der Waals surface area contributed by atoms with Crippen LogP contribution < -0.4 is 0 Å². The van der Waals surface area contributed by atoms with E-state index in [-0.39, 0.29) is 0 Å². The molecule has 2 nitrogen and oxygen atoms in total. The van der Waals surface area contributed by atoms with Gasteiger partial charge in [-0.15, -0.1) is 0 Å². The summed E-state index contributed by atoms with van der Waals surface area (Å²) in [5.74, 6) is 0. The van der Waals surface area contributed by atoms with Gasteiger partial charge in [0, 0.05) is 11.6 Å². The van der Waals surface area contributed by atoms with E-state index in [1.54, 1.807) is 12.1 Å². The largest absolute Gasteiger partial charge is 0.224 e. The van der Waals surface area contributed by atoms with Gasteiger partial charge in [-0.1, -0.05) is 52.3 Å². The van der Waals surface area contributed by atoms with Gasteiger partial charge in [-0.2, -0.15) is 0 Å². The lowest BCUT2D eigenvalue weighted by molar-refractivity contribution is 0.602. The highest BCUT2D eigenvalue weighted by Gasteiger charge is 2.06. The van der Waals surface area contributed by atoms with Crippen molar-refractivity contribution in [1.29, 1.82) is 0 Å². The fourth-order valence-corrected chi connectivity index (χ4v) is 2.96. The van der Waals surface area contributed by atoms with E-state index in [4.69, 9.17) is 0 Å². The molecule has 0 heterocycles. The second-order valence-electron chi connectivity index (χ2n) is 4.43. The zero-order valence-corrected chi connectivity index (χ0v) is 13.0. The predicted molar refractivity (Wildman–Crippen MR) is 82.5 cm³/mol. The first kappa shape index (κ1) is 14.3. The minimum atomic E-state index is -3.12. The van der Waals surface area contributed by atoms with Gasteiger partial charge < -0.3 is 0 Å². The second-order valence-corrected chi connectivity index (χ2v) is 7.24. The topological polar surface area (TPSA) is 34.1 Å². The van der Waals surface area contributed by atoms with E-state index in [9.17, 15) is 8.42 Å². The molecule has 0 aliphatic rings. The van der Waals surface area contributed by atoms with Gasteiger partial charge in [0.25, 0.3) is 0 Å². The number of sulfone groups is 1. The van der Waals surface area contributed by atoms with Crippen molar-refractivity contribution in [1.82, 2.24) is 0 Å². The fraction of sp³-hybridized carbons (Fsp3) is 0.200. The minimum Gasteiger partial charge on any atom is -0.224 e. The Hall–Kier alpha value is -1.13. The van der Waals surface area contributed by atoms with Gasteiger partial charge in [0.15, 0.2) is 9.84 Å². The lowest BCUT2D eigenvalue weighted by Gasteiger charge is -2.05. The van der Waals surface area contributed by atoms with Gasteiger partial charge >= 0.3 is 0 Å². The van der Waals surface area contributed by atoms with Gasteiger partial charge in [0.2, 0.25) is 0 Å². The van der Waals surface area contributed by atoms with Gasteiger partial charge in [0.1, 0.15) is 0 Å². The summed E-state index contributed by atoms with van der Waals surface area (Å²) in [6.45, 7) is 0. The Balaban J connectivity index is 2.27. The molecule has 19 heavy (non-hydrogen) atoms. The van der Waals surface area contributed by atoms with Crippen LogP contribution in [0.1, 0.15) is 5.56 Å². The van der Waals surface area contributed by atoms with Crippen molar-refractivity contribution < 1.29 is 8.42 Å². The summed E-state index contributed by atoms with van der Waals surface area (Å²) in [6, 6.07) is 15.3. The number of rotatable bonds is 4. The van der Waals surface area contributed by atoms with Crippen molar-refractivity contribution in [2.75, 3.05) is 11.6 Å². The van der Waals surface area contributed by atoms with Crippen molar-refractivity contribution >= 4 is 25.8 Å². The monoisotopic (exact) mass is 338 g/mol. The maximum Gasteiger partial charge on any atom is 0.175 e. The van der Waals surface area contributed by atoms with Gasteiger partial charge in [0.05, 0.1) is 4.90 Å². The van der Waals surface area contributed by atoms with E-state index in [2.05, 4.69) is 40.2 Å². The summed E-state index contributed by atoms with van der Waals surface area (Å²) < 4.78 is 22.8. The average molecular weight is 339 g/mol. The molecule has 0 atom stereocenters. The summed E-state index contributed by atoms with van der Waals surface area (Å²) in [7, 11) is -3.12. The van der Waals surface area contributed by atoms with Crippen molar-refractivity contribution in [3.05, 3.63) is 54.1 Å². The predicted octanol–water partition coefficient (Wildman–Crippen LogP) is 3.69. The third-order valence-electron chi connectivity index (χ3n) is 2.95. The van der Waals surface area contributed by atoms with Gasteiger partial charge in [-0.3, -0.25) is 0 Å². The zero-order valence-electron chi connectivity index (χ0n) is 10.6. The maximum atomic E-state index is 11.4. The SMILES string of the molecule is CS(=O)(=O)c1ccc(-c2ccc(CCBr)cc2)cc1. The molecule has 0 amide bonds. The van der Waals surface area contributed by atoms with Crippen LogP contribution in [0.5, 0.6) is 0 Å². The van der Waals surface area contributed by atoms with Crippen molar-refractivity contribution in [2.24, 2.45) is 0 Å². The molecule has 0 radical (unpaired) electrons. The van der Waals surface area contributed by atoms with E-state index < -0.39 is 9.84 Å². The number of aryl methyl sites for hydroxylation is 1. The Morgan fingerprint density at radius 1 is 0.895 bits per heavy atom. The molecule has 0 unspecified atom stereocenters. The molecule has 0 saturated carbocycles. The van der Waals surface area contributed by atoms with E-state index in [0.29, 0.717) is 4.90 Å². The number of hydrogen-bond donors (Lipinski definition) is 0. The minimum absolute atomic E-state index is 0.354. The number of halogens is 1. The third kappa shape index (κ3) is 3.67.